The molecule has 0 aliphatic rings. The van der Waals surface area contributed by atoms with Crippen molar-refractivity contribution >= 4 is 11.8 Å². The SMILES string of the molecule is CNC(CCSC)Cc1cc(C)cc(C)c1. The highest BCUT2D eigenvalue weighted by Gasteiger charge is 2.07. The first kappa shape index (κ1) is 13.6. The van der Waals surface area contributed by atoms with Gasteiger partial charge in [-0.05, 0) is 51.3 Å². The molecule has 0 aliphatic heterocycles. The summed E-state index contributed by atoms with van der Waals surface area (Å²) in [4.78, 5) is 0. The molecule has 1 rings (SSSR count). The number of aryl methyl sites for hydroxylation is 2. The standard InChI is InChI=1S/C14H23NS/c1-11-7-12(2)9-13(8-11)10-14(15-3)5-6-16-4/h7-9,14-15H,5-6,10H2,1-4H3. The van der Waals surface area contributed by atoms with Crippen LogP contribution in [0.3, 0.4) is 0 Å². The Kier molecular flexibility index (Phi) is 5.93. The average molecular weight is 237 g/mol. The lowest BCUT2D eigenvalue weighted by Gasteiger charge is -2.16. The van der Waals surface area contributed by atoms with Gasteiger partial charge in [0, 0.05) is 6.04 Å². The molecular weight excluding hydrogens is 214 g/mol. The van der Waals surface area contributed by atoms with Crippen LogP contribution in [0.2, 0.25) is 0 Å². The van der Waals surface area contributed by atoms with Gasteiger partial charge in [0.2, 0.25) is 0 Å². The predicted molar refractivity (Wildman–Crippen MR) is 75.5 cm³/mol. The Labute approximate surface area is 104 Å². The molecule has 0 aliphatic carbocycles. The van der Waals surface area contributed by atoms with Gasteiger partial charge in [0.15, 0.2) is 0 Å². The van der Waals surface area contributed by atoms with Crippen molar-refractivity contribution in [1.82, 2.24) is 5.32 Å². The van der Waals surface area contributed by atoms with Gasteiger partial charge >= 0.3 is 0 Å². The molecule has 0 aromatic heterocycles. The summed E-state index contributed by atoms with van der Waals surface area (Å²) in [5.74, 6) is 1.23. The summed E-state index contributed by atoms with van der Waals surface area (Å²) in [7, 11) is 2.06. The van der Waals surface area contributed by atoms with E-state index in [2.05, 4.69) is 50.7 Å². The van der Waals surface area contributed by atoms with Gasteiger partial charge in [-0.25, -0.2) is 0 Å². The number of hydrogen-bond donors (Lipinski definition) is 1. The smallest absolute Gasteiger partial charge is 0.0112 e. The summed E-state index contributed by atoms with van der Waals surface area (Å²) in [5, 5.41) is 3.41. The molecule has 0 heterocycles. The second-order valence-electron chi connectivity index (χ2n) is 4.47. The molecule has 0 bridgehead atoms. The fourth-order valence-electron chi connectivity index (χ4n) is 2.08. The third kappa shape index (κ3) is 4.58. The number of nitrogens with one attached hydrogen (secondary N) is 1. The monoisotopic (exact) mass is 237 g/mol. The molecule has 0 saturated heterocycles. The van der Waals surface area contributed by atoms with Crippen LogP contribution >= 0.6 is 11.8 Å². The van der Waals surface area contributed by atoms with Crippen molar-refractivity contribution in [3.05, 3.63) is 34.9 Å². The topological polar surface area (TPSA) is 12.0 Å². The minimum absolute atomic E-state index is 0.605. The Balaban J connectivity index is 2.62. The maximum Gasteiger partial charge on any atom is 0.0112 e. The van der Waals surface area contributed by atoms with Gasteiger partial charge in [-0.15, -0.1) is 0 Å². The van der Waals surface area contributed by atoms with Gasteiger partial charge < -0.3 is 5.32 Å². The van der Waals surface area contributed by atoms with Crippen molar-refractivity contribution in [3.8, 4) is 0 Å². The summed E-state index contributed by atoms with van der Waals surface area (Å²) in [6.45, 7) is 4.35. The van der Waals surface area contributed by atoms with Gasteiger partial charge in [-0.3, -0.25) is 0 Å². The van der Waals surface area contributed by atoms with Gasteiger partial charge in [0.25, 0.3) is 0 Å². The lowest BCUT2D eigenvalue weighted by Crippen LogP contribution is -2.28. The van der Waals surface area contributed by atoms with Crippen LogP contribution in [-0.2, 0) is 6.42 Å². The van der Waals surface area contributed by atoms with Crippen LogP contribution in [0, 0.1) is 13.8 Å². The van der Waals surface area contributed by atoms with E-state index < -0.39 is 0 Å². The quantitative estimate of drug-likeness (QED) is 0.815. The van der Waals surface area contributed by atoms with Crippen molar-refractivity contribution in [3.63, 3.8) is 0 Å². The second-order valence-corrected chi connectivity index (χ2v) is 5.45. The summed E-state index contributed by atoms with van der Waals surface area (Å²) in [6.07, 6.45) is 4.55. The number of rotatable bonds is 6. The minimum atomic E-state index is 0.605. The zero-order valence-electron chi connectivity index (χ0n) is 10.8. The maximum atomic E-state index is 3.41. The van der Waals surface area contributed by atoms with E-state index in [1.54, 1.807) is 0 Å². The first-order chi connectivity index (χ1) is 7.65. The van der Waals surface area contributed by atoms with E-state index in [4.69, 9.17) is 0 Å². The van der Waals surface area contributed by atoms with E-state index in [1.165, 1.54) is 28.9 Å². The van der Waals surface area contributed by atoms with Crippen LogP contribution in [0.15, 0.2) is 18.2 Å². The second kappa shape index (κ2) is 6.97. The molecule has 90 valence electrons. The lowest BCUT2D eigenvalue weighted by atomic mass is 10.00. The molecule has 1 N–H and O–H groups in total. The highest BCUT2D eigenvalue weighted by molar-refractivity contribution is 7.98. The molecule has 2 heteroatoms. The summed E-state index contributed by atoms with van der Waals surface area (Å²) in [6, 6.07) is 7.45. The van der Waals surface area contributed by atoms with Crippen molar-refractivity contribution in [2.45, 2.75) is 32.7 Å². The molecule has 1 nitrogen and oxygen atoms in total. The Morgan fingerprint density at radius 2 is 1.81 bits per heavy atom. The number of benzene rings is 1. The summed E-state index contributed by atoms with van der Waals surface area (Å²) >= 11 is 1.92. The maximum absolute atomic E-state index is 3.41. The molecule has 0 fully saturated rings. The van der Waals surface area contributed by atoms with Gasteiger partial charge in [-0.2, -0.15) is 11.8 Å². The van der Waals surface area contributed by atoms with E-state index in [9.17, 15) is 0 Å². The molecular formula is C14H23NS. The molecule has 1 aromatic carbocycles. The molecule has 0 amide bonds. The van der Waals surface area contributed by atoms with E-state index in [1.807, 2.05) is 11.8 Å². The normalized spacial score (nSPS) is 12.8. The third-order valence-electron chi connectivity index (χ3n) is 2.84. The molecule has 0 spiro atoms. The highest BCUT2D eigenvalue weighted by Crippen LogP contribution is 2.13. The molecule has 1 atom stereocenters. The Hall–Kier alpha value is -0.470. The molecule has 16 heavy (non-hydrogen) atoms. The molecule has 0 radical (unpaired) electrons. The first-order valence-electron chi connectivity index (χ1n) is 5.89. The Morgan fingerprint density at radius 1 is 1.19 bits per heavy atom. The van der Waals surface area contributed by atoms with E-state index in [0.29, 0.717) is 6.04 Å². The van der Waals surface area contributed by atoms with E-state index >= 15 is 0 Å². The van der Waals surface area contributed by atoms with Crippen LogP contribution < -0.4 is 5.32 Å². The zero-order valence-corrected chi connectivity index (χ0v) is 11.7. The fraction of sp³-hybridized carbons (Fsp3) is 0.571. The minimum Gasteiger partial charge on any atom is -0.317 e. The van der Waals surface area contributed by atoms with Crippen molar-refractivity contribution < 1.29 is 0 Å². The lowest BCUT2D eigenvalue weighted by molar-refractivity contribution is 0.547. The van der Waals surface area contributed by atoms with Crippen LogP contribution in [-0.4, -0.2) is 25.1 Å². The predicted octanol–water partition coefficient (Wildman–Crippen LogP) is 3.19. The van der Waals surface area contributed by atoms with Gasteiger partial charge in [0.05, 0.1) is 0 Å². The van der Waals surface area contributed by atoms with Gasteiger partial charge in [0.1, 0.15) is 0 Å². The van der Waals surface area contributed by atoms with Crippen molar-refractivity contribution in [2.24, 2.45) is 0 Å². The Morgan fingerprint density at radius 3 is 2.31 bits per heavy atom. The Bertz CT molecular complexity index is 302. The fourth-order valence-corrected chi connectivity index (χ4v) is 2.60. The van der Waals surface area contributed by atoms with Crippen molar-refractivity contribution in [2.75, 3.05) is 19.1 Å². The van der Waals surface area contributed by atoms with Crippen LogP contribution in [0.5, 0.6) is 0 Å². The van der Waals surface area contributed by atoms with Crippen LogP contribution in [0.25, 0.3) is 0 Å². The average Bonchev–Trinajstić information content (AvgIpc) is 2.22. The number of hydrogen-bond acceptors (Lipinski definition) is 2. The van der Waals surface area contributed by atoms with E-state index in [-0.39, 0.29) is 0 Å². The van der Waals surface area contributed by atoms with Crippen LogP contribution in [0.1, 0.15) is 23.1 Å². The summed E-state index contributed by atoms with van der Waals surface area (Å²) in [5.41, 5.74) is 4.20. The molecule has 1 aromatic rings. The largest absolute Gasteiger partial charge is 0.317 e. The van der Waals surface area contributed by atoms with Gasteiger partial charge in [-0.1, -0.05) is 29.3 Å². The highest BCUT2D eigenvalue weighted by atomic mass is 32.2. The first-order valence-corrected chi connectivity index (χ1v) is 7.28. The summed E-state index contributed by atoms with van der Waals surface area (Å²) < 4.78 is 0. The zero-order chi connectivity index (χ0) is 12.0. The number of likely N-dealkylation sites (N-methyl/N-ethyl adjacent to an activating group) is 1. The number of thioether (sulfide) groups is 1. The molecule has 1 unspecified atom stereocenters. The van der Waals surface area contributed by atoms with Crippen molar-refractivity contribution in [1.29, 1.82) is 0 Å². The van der Waals surface area contributed by atoms with E-state index in [0.717, 1.165) is 6.42 Å². The molecule has 0 saturated carbocycles. The third-order valence-corrected chi connectivity index (χ3v) is 3.49. The van der Waals surface area contributed by atoms with Crippen LogP contribution in [0.4, 0.5) is 0 Å².